The molecule has 2 fully saturated rings. The van der Waals surface area contributed by atoms with E-state index in [1.54, 1.807) is 37.1 Å². The van der Waals surface area contributed by atoms with Gasteiger partial charge >= 0.3 is 6.01 Å². The van der Waals surface area contributed by atoms with Gasteiger partial charge < -0.3 is 25.2 Å². The first-order valence-electron chi connectivity index (χ1n) is 16.0. The molecule has 4 aromatic rings. The number of fused-ring (bicyclic) bond motifs is 3. The maximum absolute atomic E-state index is 16.8. The second kappa shape index (κ2) is 12.6. The second-order valence-corrected chi connectivity index (χ2v) is 14.2. The third kappa shape index (κ3) is 6.30. The molecule has 1 unspecified atom stereocenters. The van der Waals surface area contributed by atoms with Crippen LogP contribution in [0.5, 0.6) is 11.8 Å². The molecule has 0 saturated carbocycles. The van der Waals surface area contributed by atoms with Gasteiger partial charge in [-0.15, -0.1) is 0 Å². The first kappa shape index (κ1) is 33.5. The fraction of sp³-hybridized carbons (Fsp3) is 0.486. The van der Waals surface area contributed by atoms with Crippen molar-refractivity contribution in [3.05, 3.63) is 53.1 Å². The summed E-state index contributed by atoms with van der Waals surface area (Å²) in [5, 5.41) is 25.4. The molecule has 3 heterocycles. The largest absolute Gasteiger partial charge is 0.508 e. The number of aliphatic hydroxyl groups excluding tert-OH is 1. The summed E-state index contributed by atoms with van der Waals surface area (Å²) in [6, 6.07) is 8.69. The topological polar surface area (TPSA) is 94.0 Å². The average Bonchev–Trinajstić information content (AvgIpc) is 3.51. The van der Waals surface area contributed by atoms with E-state index < -0.39 is 40.6 Å². The molecule has 3 aromatic carbocycles. The number of benzene rings is 3. The van der Waals surface area contributed by atoms with Crippen LogP contribution in [0.4, 0.5) is 19.0 Å². The van der Waals surface area contributed by atoms with Crippen LogP contribution in [0.3, 0.4) is 0 Å². The average molecular weight is 672 g/mol. The molecule has 0 radical (unpaired) electrons. The Morgan fingerprint density at radius 3 is 2.72 bits per heavy atom. The summed E-state index contributed by atoms with van der Waals surface area (Å²) in [6.45, 7) is 9.05. The lowest BCUT2D eigenvalue weighted by Crippen LogP contribution is -2.54. The van der Waals surface area contributed by atoms with Gasteiger partial charge in [0, 0.05) is 59.5 Å². The van der Waals surface area contributed by atoms with E-state index in [0.717, 1.165) is 19.4 Å². The zero-order chi connectivity index (χ0) is 33.8. The minimum atomic E-state index is -0.958. The van der Waals surface area contributed by atoms with Gasteiger partial charge in [-0.25, -0.2) is 13.2 Å². The highest BCUT2D eigenvalue weighted by atomic mass is 35.5. The summed E-state index contributed by atoms with van der Waals surface area (Å²) in [7, 11) is 1.76. The number of ether oxygens (including phenoxy) is 1. The summed E-state index contributed by atoms with van der Waals surface area (Å²) in [5.74, 6) is -1.77. The molecule has 0 aliphatic carbocycles. The molecule has 3 N–H and O–H groups in total. The number of hydrogen-bond donors (Lipinski definition) is 3. The van der Waals surface area contributed by atoms with Crippen LogP contribution >= 0.6 is 11.6 Å². The number of alkyl halides is 1. The van der Waals surface area contributed by atoms with Crippen molar-refractivity contribution >= 4 is 39.1 Å². The number of hydrogen-bond acceptors (Lipinski definition) is 8. The van der Waals surface area contributed by atoms with Gasteiger partial charge in [0.15, 0.2) is 5.82 Å². The molecule has 2 aliphatic rings. The van der Waals surface area contributed by atoms with E-state index in [-0.39, 0.29) is 51.7 Å². The van der Waals surface area contributed by atoms with E-state index in [9.17, 15) is 14.6 Å². The van der Waals surface area contributed by atoms with E-state index in [2.05, 4.69) is 20.2 Å². The molecule has 1 aromatic heterocycles. The summed E-state index contributed by atoms with van der Waals surface area (Å²) in [5.41, 5.74) is -1.56. The van der Waals surface area contributed by atoms with Crippen molar-refractivity contribution in [2.24, 2.45) is 0 Å². The van der Waals surface area contributed by atoms with Crippen LogP contribution in [0.15, 0.2) is 36.4 Å². The van der Waals surface area contributed by atoms with Gasteiger partial charge in [0.2, 0.25) is 0 Å². The van der Waals surface area contributed by atoms with E-state index in [1.807, 2.05) is 20.8 Å². The molecule has 2 saturated heterocycles. The van der Waals surface area contributed by atoms with Crippen LogP contribution in [0.1, 0.15) is 47.0 Å². The molecule has 2 aliphatic heterocycles. The quantitative estimate of drug-likeness (QED) is 0.173. The Morgan fingerprint density at radius 1 is 1.21 bits per heavy atom. The van der Waals surface area contributed by atoms with Crippen LogP contribution in [-0.2, 0) is 0 Å². The molecule has 4 atom stereocenters. The fourth-order valence-electron chi connectivity index (χ4n) is 7.27. The Balaban J connectivity index is 1.46. The molecule has 12 heteroatoms. The van der Waals surface area contributed by atoms with Gasteiger partial charge in [0.05, 0.1) is 17.2 Å². The Morgan fingerprint density at radius 2 is 1.98 bits per heavy atom. The van der Waals surface area contributed by atoms with E-state index >= 15 is 8.78 Å². The molecule has 8 nitrogen and oxygen atoms in total. The highest BCUT2D eigenvalue weighted by molar-refractivity contribution is 6.36. The normalized spacial score (nSPS) is 21.4. The Kier molecular flexibility index (Phi) is 8.97. The number of rotatable bonds is 10. The number of aliphatic hydroxyl groups is 1. The SMILES string of the molecule is CC(O)C(C)(C)N[C@H](C)CN(C)c1nc(OC[C@@]23CCCN2C[C@H](F)C3)nc2c(F)c(-c3cc(O)cc4cccc(Cl)c34)c(F)cc12. The number of phenolic OH excluding ortho intramolecular Hbond substituents is 1. The van der Waals surface area contributed by atoms with Gasteiger partial charge in [0.25, 0.3) is 0 Å². The van der Waals surface area contributed by atoms with Crippen molar-refractivity contribution in [1.82, 2.24) is 20.2 Å². The van der Waals surface area contributed by atoms with Gasteiger partial charge in [-0.1, -0.05) is 23.7 Å². The number of anilines is 1. The molecule has 0 spiro atoms. The minimum absolute atomic E-state index is 0.0806. The van der Waals surface area contributed by atoms with E-state index in [4.69, 9.17) is 16.3 Å². The third-order valence-electron chi connectivity index (χ3n) is 9.83. The summed E-state index contributed by atoms with van der Waals surface area (Å²) in [4.78, 5) is 13.0. The van der Waals surface area contributed by atoms with E-state index in [0.29, 0.717) is 30.3 Å². The highest BCUT2D eigenvalue weighted by Crippen LogP contribution is 2.43. The molecular formula is C35H41ClF3N5O3. The molecule has 0 bridgehead atoms. The predicted molar refractivity (Wildman–Crippen MR) is 179 cm³/mol. The van der Waals surface area contributed by atoms with Crippen LogP contribution < -0.4 is 15.0 Å². The van der Waals surface area contributed by atoms with Crippen molar-refractivity contribution in [2.75, 3.05) is 38.2 Å². The number of aromatic nitrogens is 2. The Hall–Kier alpha value is -3.38. The van der Waals surface area contributed by atoms with Crippen molar-refractivity contribution in [2.45, 2.75) is 76.4 Å². The third-order valence-corrected chi connectivity index (χ3v) is 10.1. The number of nitrogens with zero attached hydrogens (tertiary/aromatic N) is 4. The maximum Gasteiger partial charge on any atom is 0.319 e. The molecule has 252 valence electrons. The smallest absolute Gasteiger partial charge is 0.319 e. The molecule has 6 rings (SSSR count). The van der Waals surface area contributed by atoms with Crippen molar-refractivity contribution in [1.29, 1.82) is 0 Å². The summed E-state index contributed by atoms with van der Waals surface area (Å²) >= 11 is 6.52. The van der Waals surface area contributed by atoms with Crippen LogP contribution in [-0.4, -0.2) is 87.8 Å². The first-order valence-corrected chi connectivity index (χ1v) is 16.4. The number of phenols is 1. The zero-order valence-electron chi connectivity index (χ0n) is 27.2. The zero-order valence-corrected chi connectivity index (χ0v) is 28.0. The molecular weight excluding hydrogens is 631 g/mol. The second-order valence-electron chi connectivity index (χ2n) is 13.8. The monoisotopic (exact) mass is 671 g/mol. The van der Waals surface area contributed by atoms with Crippen LogP contribution in [0.25, 0.3) is 32.8 Å². The standard InChI is InChI=1S/C35H41ClF3N5O3/c1-19(42-34(3,4)20(2)45)16-43(5)32-25-14-27(38)29(24-13-23(46)12-21-8-6-9-26(36)28(21)24)30(39)31(25)40-33(41-32)47-18-35-10-7-11-44(35)17-22(37)15-35/h6,8-9,12-14,19-20,22,42,45-46H,7,10-11,15-18H2,1-5H3/t19-,20?,22-,35+/m1/s1. The lowest BCUT2D eigenvalue weighted by molar-refractivity contribution is 0.0901. The van der Waals surface area contributed by atoms with E-state index in [1.165, 1.54) is 18.2 Å². The first-order chi connectivity index (χ1) is 22.2. The van der Waals surface area contributed by atoms with Gasteiger partial charge in [-0.3, -0.25) is 4.90 Å². The lowest BCUT2D eigenvalue weighted by atomic mass is 9.95. The lowest BCUT2D eigenvalue weighted by Gasteiger charge is -2.35. The van der Waals surface area contributed by atoms with Crippen molar-refractivity contribution in [3.8, 4) is 22.9 Å². The van der Waals surface area contributed by atoms with Crippen molar-refractivity contribution < 1.29 is 28.1 Å². The van der Waals surface area contributed by atoms with Crippen molar-refractivity contribution in [3.63, 3.8) is 0 Å². The van der Waals surface area contributed by atoms with Crippen LogP contribution in [0.2, 0.25) is 5.02 Å². The predicted octanol–water partition coefficient (Wildman–Crippen LogP) is 6.62. The molecule has 47 heavy (non-hydrogen) atoms. The van der Waals surface area contributed by atoms with Gasteiger partial charge in [-0.05, 0) is 76.7 Å². The summed E-state index contributed by atoms with van der Waals surface area (Å²) < 4.78 is 53.6. The number of aromatic hydroxyl groups is 1. The summed E-state index contributed by atoms with van der Waals surface area (Å²) in [6.07, 6.45) is 0.446. The highest BCUT2D eigenvalue weighted by Gasteiger charge is 2.49. The van der Waals surface area contributed by atoms with Gasteiger partial charge in [0.1, 0.15) is 35.7 Å². The maximum atomic E-state index is 16.8. The number of nitrogens with one attached hydrogen (secondary N) is 1. The minimum Gasteiger partial charge on any atom is -0.508 e. The number of likely N-dealkylation sites (N-methyl/N-ethyl adjacent to an activating group) is 1. The van der Waals surface area contributed by atoms with Crippen LogP contribution in [0, 0.1) is 11.6 Å². The number of halogens is 4. The Labute approximate surface area is 277 Å². The molecule has 0 amide bonds. The Bertz CT molecular complexity index is 1830. The fourth-order valence-corrected chi connectivity index (χ4v) is 7.56. The van der Waals surface area contributed by atoms with Gasteiger partial charge in [-0.2, -0.15) is 9.97 Å².